The highest BCUT2D eigenvalue weighted by Crippen LogP contribution is 2.43. The predicted molar refractivity (Wildman–Crippen MR) is 147 cm³/mol. The maximum absolute atomic E-state index is 13.3. The second kappa shape index (κ2) is 15.5. The highest BCUT2D eigenvalue weighted by molar-refractivity contribution is 9.08. The SMILES string of the molecule is C=C1CC(OC(=O)C2(c3ccccc3)CCCCCC2)C1CC[NH3+].CBr.CC(=O)Nc1cccnn1. The van der Waals surface area contributed by atoms with Gasteiger partial charge in [-0.3, -0.25) is 9.59 Å². The summed E-state index contributed by atoms with van der Waals surface area (Å²) in [6.45, 7) is 6.39. The van der Waals surface area contributed by atoms with E-state index < -0.39 is 5.41 Å². The highest BCUT2D eigenvalue weighted by atomic mass is 79.9. The predicted octanol–water partition coefficient (Wildman–Crippen LogP) is 4.84. The second-order valence-electron chi connectivity index (χ2n) is 9.21. The van der Waals surface area contributed by atoms with Crippen LogP contribution >= 0.6 is 15.9 Å². The molecule has 0 radical (unpaired) electrons. The Kier molecular flexibility index (Phi) is 12.8. The molecule has 2 atom stereocenters. The van der Waals surface area contributed by atoms with E-state index in [0.29, 0.717) is 11.7 Å². The monoisotopic (exact) mass is 559 g/mol. The lowest BCUT2D eigenvalue weighted by Gasteiger charge is -2.41. The number of alkyl halides is 1. The van der Waals surface area contributed by atoms with Crippen molar-refractivity contribution >= 4 is 33.6 Å². The Morgan fingerprint density at radius 1 is 1.11 bits per heavy atom. The van der Waals surface area contributed by atoms with Crippen molar-refractivity contribution in [2.75, 3.05) is 17.7 Å². The summed E-state index contributed by atoms with van der Waals surface area (Å²) in [7, 11) is 0. The molecular formula is C28H40BrN4O3+. The van der Waals surface area contributed by atoms with Gasteiger partial charge in [0.25, 0.3) is 0 Å². The van der Waals surface area contributed by atoms with Crippen LogP contribution in [0.2, 0.25) is 0 Å². The summed E-state index contributed by atoms with van der Waals surface area (Å²) in [4.78, 5) is 23.7. The third kappa shape index (κ3) is 8.23. The molecule has 0 saturated heterocycles. The fraction of sp³-hybridized carbons (Fsp3) is 0.500. The van der Waals surface area contributed by atoms with Crippen molar-refractivity contribution in [1.82, 2.24) is 10.2 Å². The van der Waals surface area contributed by atoms with Gasteiger partial charge < -0.3 is 15.8 Å². The number of ether oxygens (including phenoxy) is 1. The summed E-state index contributed by atoms with van der Waals surface area (Å²) >= 11 is 2.94. The lowest BCUT2D eigenvalue weighted by atomic mass is 9.72. The van der Waals surface area contributed by atoms with Crippen LogP contribution in [0.15, 0.2) is 60.8 Å². The van der Waals surface area contributed by atoms with Gasteiger partial charge in [-0.1, -0.05) is 84.1 Å². The van der Waals surface area contributed by atoms with Crippen molar-refractivity contribution in [2.24, 2.45) is 5.92 Å². The van der Waals surface area contributed by atoms with E-state index in [0.717, 1.165) is 50.6 Å². The molecule has 8 heteroatoms. The summed E-state index contributed by atoms with van der Waals surface area (Å²) in [6, 6.07) is 13.7. The number of anilines is 1. The first kappa shape index (κ1) is 29.6. The number of hydrogen-bond donors (Lipinski definition) is 2. The molecule has 2 saturated carbocycles. The van der Waals surface area contributed by atoms with Crippen molar-refractivity contribution < 1.29 is 20.1 Å². The smallest absolute Gasteiger partial charge is 0.316 e. The average Bonchev–Trinajstić information content (AvgIpc) is 3.17. The lowest BCUT2D eigenvalue weighted by Crippen LogP contribution is -2.53. The first-order valence-corrected chi connectivity index (χ1v) is 14.2. The number of aromatic nitrogens is 2. The quantitative estimate of drug-likeness (QED) is 0.227. The van der Waals surface area contributed by atoms with Crippen molar-refractivity contribution in [3.8, 4) is 0 Å². The average molecular weight is 561 g/mol. The minimum atomic E-state index is -0.455. The molecule has 2 aliphatic rings. The van der Waals surface area contributed by atoms with Crippen molar-refractivity contribution in [2.45, 2.75) is 69.8 Å². The molecule has 1 aromatic heterocycles. The van der Waals surface area contributed by atoms with Crippen LogP contribution in [0.4, 0.5) is 5.82 Å². The Morgan fingerprint density at radius 2 is 1.78 bits per heavy atom. The largest absolute Gasteiger partial charge is 0.461 e. The van der Waals surface area contributed by atoms with Crippen molar-refractivity contribution in [3.63, 3.8) is 0 Å². The number of halogens is 1. The fourth-order valence-corrected chi connectivity index (χ4v) is 4.89. The van der Waals surface area contributed by atoms with Gasteiger partial charge in [0.1, 0.15) is 6.10 Å². The van der Waals surface area contributed by atoms with Crippen LogP contribution in [0.25, 0.3) is 0 Å². The molecule has 4 rings (SSSR count). The molecule has 2 unspecified atom stereocenters. The summed E-state index contributed by atoms with van der Waals surface area (Å²) < 4.78 is 6.05. The Balaban J connectivity index is 0.000000318. The first-order chi connectivity index (χ1) is 17.5. The summed E-state index contributed by atoms with van der Waals surface area (Å²) in [5.74, 6) is 2.45. The zero-order valence-electron chi connectivity index (χ0n) is 21.5. The van der Waals surface area contributed by atoms with E-state index in [1.165, 1.54) is 25.3 Å². The van der Waals surface area contributed by atoms with E-state index in [1.54, 1.807) is 18.3 Å². The van der Waals surface area contributed by atoms with Gasteiger partial charge in [0.2, 0.25) is 5.91 Å². The molecule has 7 nitrogen and oxygen atoms in total. The number of rotatable bonds is 6. The standard InChI is InChI=1S/C21H29NO2.C6H7N3O.CH3Br/c1-16-15-19(18(16)11-14-22)24-20(23)21(12-7-2-3-8-13-21)17-9-5-4-6-10-17;1-5(10)8-6-3-2-4-7-9-6;1-2/h4-6,9-10,18-19H,1-3,7-8,11-15,22H2;2-4H,1H3,(H,8,9,10);1H3/p+1. The molecule has 1 heterocycles. The van der Waals surface area contributed by atoms with E-state index in [-0.39, 0.29) is 18.0 Å². The molecule has 1 amide bonds. The molecule has 0 bridgehead atoms. The molecule has 2 fully saturated rings. The van der Waals surface area contributed by atoms with Crippen LogP contribution < -0.4 is 11.1 Å². The van der Waals surface area contributed by atoms with E-state index in [9.17, 15) is 9.59 Å². The van der Waals surface area contributed by atoms with Gasteiger partial charge in [0.15, 0.2) is 5.82 Å². The molecule has 2 aliphatic carbocycles. The van der Waals surface area contributed by atoms with Crippen LogP contribution in [-0.4, -0.2) is 40.6 Å². The van der Waals surface area contributed by atoms with Gasteiger partial charge in [-0.2, -0.15) is 5.10 Å². The van der Waals surface area contributed by atoms with Gasteiger partial charge in [-0.25, -0.2) is 0 Å². The van der Waals surface area contributed by atoms with Crippen LogP contribution in [-0.2, 0) is 19.7 Å². The highest BCUT2D eigenvalue weighted by Gasteiger charge is 2.45. The van der Waals surface area contributed by atoms with Crippen molar-refractivity contribution in [3.05, 3.63) is 66.4 Å². The van der Waals surface area contributed by atoms with Crippen LogP contribution in [0.5, 0.6) is 0 Å². The fourth-order valence-electron chi connectivity index (χ4n) is 4.89. The molecule has 36 heavy (non-hydrogen) atoms. The normalized spacial score (nSPS) is 20.2. The third-order valence-corrected chi connectivity index (χ3v) is 6.76. The molecule has 2 aromatic rings. The number of quaternary nitrogens is 1. The summed E-state index contributed by atoms with van der Waals surface area (Å²) in [6.07, 6.45) is 9.79. The second-order valence-corrected chi connectivity index (χ2v) is 9.21. The zero-order valence-corrected chi connectivity index (χ0v) is 23.1. The number of carbonyl (C=O) groups is 2. The Bertz CT molecular complexity index is 948. The number of esters is 1. The van der Waals surface area contributed by atoms with Gasteiger partial charge in [0, 0.05) is 31.9 Å². The summed E-state index contributed by atoms with van der Waals surface area (Å²) in [5.41, 5.74) is 5.83. The maximum atomic E-state index is 13.3. The Labute approximate surface area is 223 Å². The molecular weight excluding hydrogens is 520 g/mol. The summed E-state index contributed by atoms with van der Waals surface area (Å²) in [5, 5.41) is 9.70. The van der Waals surface area contributed by atoms with E-state index in [2.05, 4.69) is 55.9 Å². The third-order valence-electron chi connectivity index (χ3n) is 6.76. The van der Waals surface area contributed by atoms with E-state index >= 15 is 0 Å². The van der Waals surface area contributed by atoms with E-state index in [4.69, 9.17) is 4.74 Å². The number of benzene rings is 1. The van der Waals surface area contributed by atoms with Crippen molar-refractivity contribution in [1.29, 1.82) is 0 Å². The number of carbonyl (C=O) groups excluding carboxylic acids is 2. The molecule has 1 aromatic carbocycles. The molecule has 196 valence electrons. The maximum Gasteiger partial charge on any atom is 0.316 e. The molecule has 4 N–H and O–H groups in total. The minimum Gasteiger partial charge on any atom is -0.461 e. The molecule has 0 aliphatic heterocycles. The lowest BCUT2D eigenvalue weighted by molar-refractivity contribution is -0.371. The Hall–Kier alpha value is -2.58. The van der Waals surface area contributed by atoms with E-state index in [1.807, 2.05) is 24.0 Å². The Morgan fingerprint density at radius 3 is 2.31 bits per heavy atom. The van der Waals surface area contributed by atoms with Gasteiger partial charge in [-0.05, 0) is 36.4 Å². The van der Waals surface area contributed by atoms with Gasteiger partial charge >= 0.3 is 5.97 Å². The zero-order chi connectivity index (χ0) is 26.4. The minimum absolute atomic E-state index is 0.00981. The first-order valence-electron chi connectivity index (χ1n) is 12.6. The van der Waals surface area contributed by atoms with Gasteiger partial charge in [0.05, 0.1) is 12.0 Å². The number of nitrogens with zero attached hydrogens (tertiary/aromatic N) is 2. The van der Waals surface area contributed by atoms with Crippen LogP contribution in [0, 0.1) is 5.92 Å². The van der Waals surface area contributed by atoms with Gasteiger partial charge in [-0.15, -0.1) is 5.10 Å². The van der Waals surface area contributed by atoms with Crippen LogP contribution in [0.1, 0.15) is 63.9 Å². The number of nitrogens with one attached hydrogen (secondary N) is 1. The topological polar surface area (TPSA) is 109 Å². The number of hydrogen-bond acceptors (Lipinski definition) is 5. The molecule has 0 spiro atoms. The number of amides is 1. The van der Waals surface area contributed by atoms with Crippen LogP contribution in [0.3, 0.4) is 0 Å².